The molecule has 1 N–H and O–H groups in total. The number of aromatic nitrogens is 2. The molecule has 25 heavy (non-hydrogen) atoms. The van der Waals surface area contributed by atoms with Crippen LogP contribution in [0.15, 0.2) is 65.2 Å². The molecule has 1 amide bonds. The van der Waals surface area contributed by atoms with E-state index in [1.165, 1.54) is 29.7 Å². The molecule has 0 saturated heterocycles. The number of anilines is 1. The van der Waals surface area contributed by atoms with E-state index in [4.69, 9.17) is 0 Å². The second-order valence-corrected chi connectivity index (χ2v) is 6.94. The standard InChI is InChI=1S/C19H18N4OS/c24-18(15-8-9-20-17(12-15)21-16-6-7-16)22-19-23(10-11-25-19)13-14-4-2-1-3-5-14/h1-5,8-12,16H,6-7,13H2,(H,20,21). The van der Waals surface area contributed by atoms with Crippen LogP contribution in [0.1, 0.15) is 28.8 Å². The van der Waals surface area contributed by atoms with Crippen molar-refractivity contribution in [3.05, 3.63) is 76.2 Å². The van der Waals surface area contributed by atoms with Crippen LogP contribution in [0.4, 0.5) is 5.82 Å². The largest absolute Gasteiger partial charge is 0.367 e. The first-order valence-corrected chi connectivity index (χ1v) is 9.15. The van der Waals surface area contributed by atoms with Gasteiger partial charge in [0, 0.05) is 35.9 Å². The Labute approximate surface area is 149 Å². The summed E-state index contributed by atoms with van der Waals surface area (Å²) in [5.41, 5.74) is 1.73. The summed E-state index contributed by atoms with van der Waals surface area (Å²) in [6.45, 7) is 0.696. The highest BCUT2D eigenvalue weighted by Crippen LogP contribution is 2.23. The maximum absolute atomic E-state index is 12.5. The number of hydrogen-bond donors (Lipinski definition) is 1. The van der Waals surface area contributed by atoms with Gasteiger partial charge in [-0.2, -0.15) is 4.99 Å². The van der Waals surface area contributed by atoms with Crippen molar-refractivity contribution in [1.29, 1.82) is 0 Å². The first-order chi connectivity index (χ1) is 12.3. The first kappa shape index (κ1) is 15.8. The number of carbonyl (C=O) groups is 1. The zero-order valence-electron chi connectivity index (χ0n) is 13.6. The lowest BCUT2D eigenvalue weighted by molar-refractivity contribution is 0.0997. The average molecular weight is 350 g/mol. The molecule has 0 unspecified atom stereocenters. The molecule has 4 rings (SSSR count). The third-order valence-corrected chi connectivity index (χ3v) is 4.78. The number of pyridine rings is 1. The third kappa shape index (κ3) is 4.03. The molecule has 0 aliphatic heterocycles. The summed E-state index contributed by atoms with van der Waals surface area (Å²) in [7, 11) is 0. The topological polar surface area (TPSA) is 59.3 Å². The minimum atomic E-state index is -0.245. The van der Waals surface area contributed by atoms with E-state index >= 15 is 0 Å². The van der Waals surface area contributed by atoms with E-state index in [0.29, 0.717) is 23.0 Å². The molecule has 0 atom stereocenters. The van der Waals surface area contributed by atoms with Gasteiger partial charge in [-0.05, 0) is 30.5 Å². The number of hydrogen-bond acceptors (Lipinski definition) is 4. The Kier molecular flexibility index (Phi) is 4.43. The zero-order valence-corrected chi connectivity index (χ0v) is 14.4. The van der Waals surface area contributed by atoms with E-state index in [9.17, 15) is 4.79 Å². The van der Waals surface area contributed by atoms with Crippen molar-refractivity contribution in [2.75, 3.05) is 5.32 Å². The van der Waals surface area contributed by atoms with Gasteiger partial charge in [0.1, 0.15) is 5.82 Å². The fourth-order valence-corrected chi connectivity index (χ4v) is 3.24. The minimum Gasteiger partial charge on any atom is -0.367 e. The summed E-state index contributed by atoms with van der Waals surface area (Å²) in [5, 5.41) is 5.25. The van der Waals surface area contributed by atoms with Crippen molar-refractivity contribution >= 4 is 23.1 Å². The van der Waals surface area contributed by atoms with Gasteiger partial charge in [0.2, 0.25) is 0 Å². The van der Waals surface area contributed by atoms with Crippen LogP contribution in [0, 0.1) is 0 Å². The highest BCUT2D eigenvalue weighted by molar-refractivity contribution is 7.07. The van der Waals surface area contributed by atoms with Crippen LogP contribution in [0.5, 0.6) is 0 Å². The predicted octanol–water partition coefficient (Wildman–Crippen LogP) is 3.31. The van der Waals surface area contributed by atoms with E-state index in [1.54, 1.807) is 18.3 Å². The van der Waals surface area contributed by atoms with E-state index < -0.39 is 0 Å². The Bertz CT molecular complexity index is 941. The summed E-state index contributed by atoms with van der Waals surface area (Å²) >= 11 is 1.46. The highest BCUT2D eigenvalue weighted by atomic mass is 32.1. The van der Waals surface area contributed by atoms with Gasteiger partial charge >= 0.3 is 0 Å². The lowest BCUT2D eigenvalue weighted by Crippen LogP contribution is -2.17. The molecule has 2 heterocycles. The normalized spacial score (nSPS) is 14.5. The van der Waals surface area contributed by atoms with Gasteiger partial charge in [0.05, 0.1) is 0 Å². The number of thiazole rings is 1. The molecule has 6 heteroatoms. The van der Waals surface area contributed by atoms with Crippen LogP contribution < -0.4 is 10.1 Å². The molecule has 0 radical (unpaired) electrons. The lowest BCUT2D eigenvalue weighted by Gasteiger charge is -2.04. The number of nitrogens with zero attached hydrogens (tertiary/aromatic N) is 3. The Morgan fingerprint density at radius 3 is 2.92 bits per heavy atom. The van der Waals surface area contributed by atoms with Gasteiger partial charge in [-0.1, -0.05) is 30.3 Å². The number of rotatable bonds is 5. The summed E-state index contributed by atoms with van der Waals surface area (Å²) < 4.78 is 1.99. The monoisotopic (exact) mass is 350 g/mol. The van der Waals surface area contributed by atoms with Crippen molar-refractivity contribution in [3.63, 3.8) is 0 Å². The molecule has 1 fully saturated rings. The SMILES string of the molecule is O=C(N=c1sccn1Cc1ccccc1)c1ccnc(NC2CC2)c1. The molecule has 5 nitrogen and oxygen atoms in total. The third-order valence-electron chi connectivity index (χ3n) is 3.99. The second kappa shape index (κ2) is 7.03. The Morgan fingerprint density at radius 1 is 1.28 bits per heavy atom. The molecule has 0 bridgehead atoms. The maximum Gasteiger partial charge on any atom is 0.279 e. The van der Waals surface area contributed by atoms with E-state index in [-0.39, 0.29) is 5.91 Å². The molecular weight excluding hydrogens is 332 g/mol. The summed E-state index contributed by atoms with van der Waals surface area (Å²) in [6.07, 6.45) is 5.94. The average Bonchev–Trinajstić information content (AvgIpc) is 3.35. The van der Waals surface area contributed by atoms with Crippen molar-refractivity contribution in [2.24, 2.45) is 4.99 Å². The van der Waals surface area contributed by atoms with Gasteiger partial charge in [0.15, 0.2) is 4.80 Å². The van der Waals surface area contributed by atoms with Crippen LogP contribution >= 0.6 is 11.3 Å². The number of nitrogens with one attached hydrogen (secondary N) is 1. The van der Waals surface area contributed by atoms with Crippen molar-refractivity contribution in [2.45, 2.75) is 25.4 Å². The summed E-state index contributed by atoms with van der Waals surface area (Å²) in [5.74, 6) is 0.498. The van der Waals surface area contributed by atoms with E-state index in [2.05, 4.69) is 27.4 Å². The Morgan fingerprint density at radius 2 is 2.12 bits per heavy atom. The minimum absolute atomic E-state index is 0.245. The zero-order chi connectivity index (χ0) is 17.1. The van der Waals surface area contributed by atoms with Crippen LogP contribution in [-0.2, 0) is 6.54 Å². The van der Waals surface area contributed by atoms with Crippen molar-refractivity contribution in [1.82, 2.24) is 9.55 Å². The number of amides is 1. The smallest absolute Gasteiger partial charge is 0.279 e. The van der Waals surface area contributed by atoms with E-state index in [0.717, 1.165) is 5.82 Å². The highest BCUT2D eigenvalue weighted by Gasteiger charge is 2.21. The van der Waals surface area contributed by atoms with Gasteiger partial charge in [-0.25, -0.2) is 4.98 Å². The lowest BCUT2D eigenvalue weighted by atomic mass is 10.2. The molecule has 1 saturated carbocycles. The fraction of sp³-hybridized carbons (Fsp3) is 0.211. The molecule has 126 valence electrons. The molecule has 1 aliphatic rings. The summed E-state index contributed by atoms with van der Waals surface area (Å²) in [6, 6.07) is 14.1. The van der Waals surface area contributed by atoms with Crippen LogP contribution in [0.3, 0.4) is 0 Å². The maximum atomic E-state index is 12.5. The van der Waals surface area contributed by atoms with Gasteiger partial charge in [-0.3, -0.25) is 4.79 Å². The summed E-state index contributed by atoms with van der Waals surface area (Å²) in [4.78, 5) is 21.8. The molecule has 1 aliphatic carbocycles. The van der Waals surface area contributed by atoms with Crippen molar-refractivity contribution in [3.8, 4) is 0 Å². The van der Waals surface area contributed by atoms with Gasteiger partial charge in [-0.15, -0.1) is 11.3 Å². The molecule has 0 spiro atoms. The fourth-order valence-electron chi connectivity index (χ4n) is 2.52. The first-order valence-electron chi connectivity index (χ1n) is 8.27. The van der Waals surface area contributed by atoms with Crippen LogP contribution in [0.25, 0.3) is 0 Å². The quantitative estimate of drug-likeness (QED) is 0.768. The predicted molar refractivity (Wildman–Crippen MR) is 98.6 cm³/mol. The Hall–Kier alpha value is -2.73. The molecule has 1 aromatic carbocycles. The van der Waals surface area contributed by atoms with Gasteiger partial charge < -0.3 is 9.88 Å². The molecule has 3 aromatic rings. The Balaban J connectivity index is 1.56. The molecule has 2 aromatic heterocycles. The van der Waals surface area contributed by atoms with Crippen LogP contribution in [0.2, 0.25) is 0 Å². The number of benzene rings is 1. The van der Waals surface area contributed by atoms with E-state index in [1.807, 2.05) is 34.3 Å². The van der Waals surface area contributed by atoms with Crippen LogP contribution in [-0.4, -0.2) is 21.5 Å². The molecular formula is C19H18N4OS. The second-order valence-electron chi connectivity index (χ2n) is 6.06. The number of carbonyl (C=O) groups excluding carboxylic acids is 1. The van der Waals surface area contributed by atoms with Crippen molar-refractivity contribution < 1.29 is 4.79 Å². The van der Waals surface area contributed by atoms with Gasteiger partial charge in [0.25, 0.3) is 5.91 Å².